The van der Waals surface area contributed by atoms with Gasteiger partial charge in [0, 0.05) is 19.3 Å². The van der Waals surface area contributed by atoms with Crippen LogP contribution in [0.3, 0.4) is 0 Å². The van der Waals surface area contributed by atoms with E-state index in [-0.39, 0.29) is 0 Å². The molecule has 4 nitrogen and oxygen atoms in total. The molecule has 1 saturated heterocycles. The number of carbonyl (C=O) groups is 1. The van der Waals surface area contributed by atoms with Crippen molar-refractivity contribution in [2.75, 3.05) is 26.4 Å². The van der Waals surface area contributed by atoms with Crippen LogP contribution in [-0.2, 0) is 9.53 Å². The van der Waals surface area contributed by atoms with E-state index in [1.54, 1.807) is 18.2 Å². The van der Waals surface area contributed by atoms with Gasteiger partial charge in [0.2, 0.25) is 0 Å². The van der Waals surface area contributed by atoms with Crippen molar-refractivity contribution in [1.82, 2.24) is 4.90 Å². The van der Waals surface area contributed by atoms with Crippen molar-refractivity contribution in [1.29, 1.82) is 0 Å². The number of rotatable bonds is 5. The molecule has 0 atom stereocenters. The lowest BCUT2D eigenvalue weighted by molar-refractivity contribution is -0.170. The Morgan fingerprint density at radius 3 is 2.65 bits per heavy atom. The summed E-state index contributed by atoms with van der Waals surface area (Å²) >= 11 is 0. The molecule has 0 bridgehead atoms. The quantitative estimate of drug-likeness (QED) is 0.833. The SMILES string of the molecule is Cc1cccc(OCC(=O)N(CC(F)(F)F)C2CCOCC2)c1. The van der Waals surface area contributed by atoms with E-state index in [1.807, 2.05) is 13.0 Å². The van der Waals surface area contributed by atoms with Crippen LogP contribution >= 0.6 is 0 Å². The highest BCUT2D eigenvalue weighted by Gasteiger charge is 2.37. The Morgan fingerprint density at radius 1 is 1.35 bits per heavy atom. The minimum Gasteiger partial charge on any atom is -0.484 e. The van der Waals surface area contributed by atoms with E-state index < -0.39 is 31.3 Å². The van der Waals surface area contributed by atoms with Crippen LogP contribution < -0.4 is 4.74 Å². The molecule has 1 aromatic rings. The molecule has 128 valence electrons. The Hall–Kier alpha value is -1.76. The molecule has 7 heteroatoms. The summed E-state index contributed by atoms with van der Waals surface area (Å²) in [5.41, 5.74) is 0.950. The van der Waals surface area contributed by atoms with Gasteiger partial charge in [-0.1, -0.05) is 12.1 Å². The third-order valence-corrected chi connectivity index (χ3v) is 3.65. The van der Waals surface area contributed by atoms with Gasteiger partial charge in [-0.3, -0.25) is 4.79 Å². The van der Waals surface area contributed by atoms with Gasteiger partial charge in [-0.2, -0.15) is 13.2 Å². The van der Waals surface area contributed by atoms with Gasteiger partial charge in [0.25, 0.3) is 5.91 Å². The Morgan fingerprint density at radius 2 is 2.04 bits per heavy atom. The fraction of sp³-hybridized carbons (Fsp3) is 0.562. The molecule has 0 aliphatic carbocycles. The molecule has 0 radical (unpaired) electrons. The monoisotopic (exact) mass is 331 g/mol. The van der Waals surface area contributed by atoms with Crippen molar-refractivity contribution in [2.45, 2.75) is 32.0 Å². The number of hydrogen-bond donors (Lipinski definition) is 0. The molecule has 2 rings (SSSR count). The van der Waals surface area contributed by atoms with Crippen LogP contribution in [-0.4, -0.2) is 49.4 Å². The topological polar surface area (TPSA) is 38.8 Å². The Bertz CT molecular complexity index is 528. The highest BCUT2D eigenvalue weighted by atomic mass is 19.4. The van der Waals surface area contributed by atoms with Gasteiger partial charge in [0.05, 0.1) is 0 Å². The van der Waals surface area contributed by atoms with Crippen molar-refractivity contribution in [2.24, 2.45) is 0 Å². The van der Waals surface area contributed by atoms with Crippen LogP contribution in [0.15, 0.2) is 24.3 Å². The minimum atomic E-state index is -4.43. The maximum Gasteiger partial charge on any atom is 0.406 e. The van der Waals surface area contributed by atoms with E-state index in [0.717, 1.165) is 10.5 Å². The lowest BCUT2D eigenvalue weighted by atomic mass is 10.1. The lowest BCUT2D eigenvalue weighted by Gasteiger charge is -2.34. The lowest BCUT2D eigenvalue weighted by Crippen LogP contribution is -2.49. The molecule has 0 unspecified atom stereocenters. The fourth-order valence-corrected chi connectivity index (χ4v) is 2.54. The molecule has 0 saturated carbocycles. The maximum absolute atomic E-state index is 12.8. The molecule has 0 aromatic heterocycles. The third kappa shape index (κ3) is 5.74. The number of nitrogens with zero attached hydrogens (tertiary/aromatic N) is 1. The second-order valence-electron chi connectivity index (χ2n) is 5.59. The molecule has 1 aliphatic heterocycles. The molecule has 23 heavy (non-hydrogen) atoms. The smallest absolute Gasteiger partial charge is 0.406 e. The summed E-state index contributed by atoms with van der Waals surface area (Å²) in [6.07, 6.45) is -3.62. The minimum absolute atomic E-state index is 0.366. The number of benzene rings is 1. The standard InChI is InChI=1S/C16H20F3NO3/c1-12-3-2-4-14(9-12)23-10-15(21)20(11-16(17,18)19)13-5-7-22-8-6-13/h2-4,9,13H,5-8,10-11H2,1H3. The number of alkyl halides is 3. The fourth-order valence-electron chi connectivity index (χ4n) is 2.54. The van der Waals surface area contributed by atoms with Gasteiger partial charge in [-0.25, -0.2) is 0 Å². The number of aryl methyl sites for hydroxylation is 1. The van der Waals surface area contributed by atoms with Crippen molar-refractivity contribution in [3.05, 3.63) is 29.8 Å². The molecule has 0 spiro atoms. The largest absolute Gasteiger partial charge is 0.484 e. The summed E-state index contributed by atoms with van der Waals surface area (Å²) in [4.78, 5) is 13.1. The van der Waals surface area contributed by atoms with Crippen LogP contribution in [0.25, 0.3) is 0 Å². The van der Waals surface area contributed by atoms with Gasteiger partial charge in [0.15, 0.2) is 6.61 Å². The molecule has 1 aliphatic rings. The van der Waals surface area contributed by atoms with Crippen LogP contribution in [0, 0.1) is 6.92 Å². The van der Waals surface area contributed by atoms with Gasteiger partial charge < -0.3 is 14.4 Å². The molecular formula is C16H20F3NO3. The zero-order valence-corrected chi connectivity index (χ0v) is 12.9. The van der Waals surface area contributed by atoms with Crippen LogP contribution in [0.2, 0.25) is 0 Å². The van der Waals surface area contributed by atoms with Gasteiger partial charge in [0.1, 0.15) is 12.3 Å². The Labute approximate surface area is 133 Å². The van der Waals surface area contributed by atoms with E-state index in [9.17, 15) is 18.0 Å². The molecule has 1 fully saturated rings. The van der Waals surface area contributed by atoms with E-state index in [4.69, 9.17) is 9.47 Å². The first kappa shape index (κ1) is 17.6. The summed E-state index contributed by atoms with van der Waals surface area (Å²) in [5.74, 6) is -0.187. The molecule has 0 N–H and O–H groups in total. The normalized spacial score (nSPS) is 16.2. The summed E-state index contributed by atoms with van der Waals surface area (Å²) in [6, 6.07) is 6.57. The number of carbonyl (C=O) groups excluding carboxylic acids is 1. The summed E-state index contributed by atoms with van der Waals surface area (Å²) in [5, 5.41) is 0. The predicted molar refractivity (Wildman–Crippen MR) is 78.3 cm³/mol. The van der Waals surface area contributed by atoms with Crippen LogP contribution in [0.1, 0.15) is 18.4 Å². The number of amides is 1. The van der Waals surface area contributed by atoms with Gasteiger partial charge in [-0.15, -0.1) is 0 Å². The summed E-state index contributed by atoms with van der Waals surface area (Å²) in [7, 11) is 0. The maximum atomic E-state index is 12.8. The highest BCUT2D eigenvalue weighted by molar-refractivity contribution is 5.78. The molecule has 1 amide bonds. The van der Waals surface area contributed by atoms with Crippen molar-refractivity contribution < 1.29 is 27.4 Å². The average Bonchev–Trinajstić information content (AvgIpc) is 2.50. The predicted octanol–water partition coefficient (Wildman–Crippen LogP) is 2.94. The second-order valence-corrected chi connectivity index (χ2v) is 5.59. The summed E-state index contributed by atoms with van der Waals surface area (Å²) in [6.45, 7) is 0.938. The van der Waals surface area contributed by atoms with E-state index >= 15 is 0 Å². The van der Waals surface area contributed by atoms with E-state index in [1.165, 1.54) is 0 Å². The third-order valence-electron chi connectivity index (χ3n) is 3.65. The van der Waals surface area contributed by atoms with Gasteiger partial charge >= 0.3 is 6.18 Å². The number of hydrogen-bond acceptors (Lipinski definition) is 3. The Balaban J connectivity index is 2.00. The van der Waals surface area contributed by atoms with Crippen LogP contribution in [0.5, 0.6) is 5.75 Å². The van der Waals surface area contributed by atoms with Crippen molar-refractivity contribution in [3.63, 3.8) is 0 Å². The zero-order chi connectivity index (χ0) is 16.9. The van der Waals surface area contributed by atoms with Gasteiger partial charge in [-0.05, 0) is 37.5 Å². The number of halogens is 3. The van der Waals surface area contributed by atoms with E-state index in [0.29, 0.717) is 31.8 Å². The molecule has 1 aromatic carbocycles. The molecular weight excluding hydrogens is 311 g/mol. The summed E-state index contributed by atoms with van der Waals surface area (Å²) < 4.78 is 48.8. The average molecular weight is 331 g/mol. The van der Waals surface area contributed by atoms with Crippen molar-refractivity contribution >= 4 is 5.91 Å². The first-order valence-electron chi connectivity index (χ1n) is 7.48. The zero-order valence-electron chi connectivity index (χ0n) is 12.9. The van der Waals surface area contributed by atoms with Crippen molar-refractivity contribution in [3.8, 4) is 5.75 Å². The Kier molecular flexibility index (Phi) is 5.87. The second kappa shape index (κ2) is 7.68. The first-order chi connectivity index (χ1) is 10.8. The number of ether oxygens (including phenoxy) is 2. The molecule has 1 heterocycles. The van der Waals surface area contributed by atoms with Crippen LogP contribution in [0.4, 0.5) is 13.2 Å². The first-order valence-corrected chi connectivity index (χ1v) is 7.48. The van der Waals surface area contributed by atoms with E-state index in [2.05, 4.69) is 0 Å². The highest BCUT2D eigenvalue weighted by Crippen LogP contribution is 2.22.